The van der Waals surface area contributed by atoms with Crippen LogP contribution in [0.3, 0.4) is 0 Å². The molecule has 2 N–H and O–H groups in total. The van der Waals surface area contributed by atoms with Crippen LogP contribution >= 0.6 is 11.6 Å². The third-order valence-electron chi connectivity index (χ3n) is 5.52. The number of carbonyl (C=O) groups excluding carboxylic acids is 1. The van der Waals surface area contributed by atoms with Gasteiger partial charge in [-0.15, -0.1) is 0 Å². The minimum absolute atomic E-state index is 0.211. The van der Waals surface area contributed by atoms with Crippen molar-refractivity contribution in [2.45, 2.75) is 32.3 Å². The zero-order valence-corrected chi connectivity index (χ0v) is 21.3. The number of aromatic nitrogens is 1. The Morgan fingerprint density at radius 2 is 1.79 bits per heavy atom. The fraction of sp³-hybridized carbons (Fsp3) is 0.520. The maximum atomic E-state index is 12.9. The van der Waals surface area contributed by atoms with E-state index < -0.39 is 5.60 Å². The summed E-state index contributed by atoms with van der Waals surface area (Å²) in [6.07, 6.45) is 7.44. The monoisotopic (exact) mass is 473 g/mol. The van der Waals surface area contributed by atoms with E-state index in [1.807, 2.05) is 46.2 Å². The molecule has 1 amide bonds. The quantitative estimate of drug-likeness (QED) is 0.506. The van der Waals surface area contributed by atoms with Gasteiger partial charge in [0.05, 0.1) is 16.1 Å². The van der Waals surface area contributed by atoms with Gasteiger partial charge in [0.25, 0.3) is 5.91 Å². The maximum Gasteiger partial charge on any atom is 0.254 e. The van der Waals surface area contributed by atoms with Crippen molar-refractivity contribution in [3.05, 3.63) is 34.5 Å². The number of rotatable bonds is 10. The van der Waals surface area contributed by atoms with Crippen LogP contribution in [0.1, 0.15) is 42.6 Å². The molecule has 33 heavy (non-hydrogen) atoms. The molecule has 0 atom stereocenters. The first kappa shape index (κ1) is 25.3. The highest BCUT2D eigenvalue weighted by Crippen LogP contribution is 2.42. The molecule has 1 aromatic carbocycles. The number of nitrogens with one attached hydrogen (secondary N) is 2. The molecule has 0 fully saturated rings. The molecule has 0 saturated carbocycles. The van der Waals surface area contributed by atoms with Gasteiger partial charge in [0.2, 0.25) is 0 Å². The van der Waals surface area contributed by atoms with Gasteiger partial charge in [-0.1, -0.05) is 11.6 Å². The van der Waals surface area contributed by atoms with E-state index in [9.17, 15) is 4.79 Å². The number of hydrogen-bond donors (Lipinski definition) is 2. The number of pyridine rings is 1. The van der Waals surface area contributed by atoms with Gasteiger partial charge < -0.3 is 25.2 Å². The molecule has 180 valence electrons. The molecule has 1 aliphatic heterocycles. The summed E-state index contributed by atoms with van der Waals surface area (Å²) in [5, 5.41) is 7.61. The molecule has 0 saturated heterocycles. The molecule has 2 aromatic rings. The van der Waals surface area contributed by atoms with Gasteiger partial charge in [0.1, 0.15) is 11.4 Å². The zero-order valence-electron chi connectivity index (χ0n) is 20.6. The number of fused-ring (bicyclic) bond motifs is 3. The van der Waals surface area contributed by atoms with Gasteiger partial charge in [-0.2, -0.15) is 0 Å². The van der Waals surface area contributed by atoms with E-state index in [1.165, 1.54) is 0 Å². The molecule has 3 rings (SSSR count). The smallest absolute Gasteiger partial charge is 0.254 e. The first-order valence-electron chi connectivity index (χ1n) is 11.4. The van der Waals surface area contributed by atoms with E-state index in [0.29, 0.717) is 17.1 Å². The summed E-state index contributed by atoms with van der Waals surface area (Å²) < 4.78 is 6.21. The molecular formula is C25H36ClN5O2. The van der Waals surface area contributed by atoms with E-state index in [1.54, 1.807) is 6.20 Å². The predicted molar refractivity (Wildman–Crippen MR) is 138 cm³/mol. The number of nitrogens with zero attached hydrogens (tertiary/aromatic N) is 3. The van der Waals surface area contributed by atoms with Gasteiger partial charge in [-0.25, -0.2) is 0 Å². The van der Waals surface area contributed by atoms with Crippen LogP contribution in [0.4, 0.5) is 5.69 Å². The Kier molecular flexibility index (Phi) is 8.21. The Hall–Kier alpha value is -2.35. The van der Waals surface area contributed by atoms with Crippen molar-refractivity contribution in [2.75, 3.05) is 59.7 Å². The third kappa shape index (κ3) is 6.37. The number of benzene rings is 1. The van der Waals surface area contributed by atoms with Gasteiger partial charge >= 0.3 is 0 Å². The minimum atomic E-state index is -0.404. The number of halogens is 1. The van der Waals surface area contributed by atoms with Crippen molar-refractivity contribution in [1.29, 1.82) is 0 Å². The minimum Gasteiger partial charge on any atom is -0.483 e. The Morgan fingerprint density at radius 3 is 2.45 bits per heavy atom. The van der Waals surface area contributed by atoms with Crippen LogP contribution < -0.4 is 15.4 Å². The zero-order chi connectivity index (χ0) is 24.2. The summed E-state index contributed by atoms with van der Waals surface area (Å²) in [6, 6.07) is 1.98. The summed E-state index contributed by atoms with van der Waals surface area (Å²) in [5.41, 5.74) is 2.41. The summed E-state index contributed by atoms with van der Waals surface area (Å²) in [6.45, 7) is 7.25. The van der Waals surface area contributed by atoms with Crippen LogP contribution in [0.2, 0.25) is 5.02 Å². The van der Waals surface area contributed by atoms with Gasteiger partial charge in [0, 0.05) is 42.0 Å². The molecule has 0 aliphatic carbocycles. The first-order valence-corrected chi connectivity index (χ1v) is 11.8. The lowest BCUT2D eigenvalue weighted by Gasteiger charge is -2.29. The molecule has 0 spiro atoms. The number of anilines is 1. The van der Waals surface area contributed by atoms with E-state index >= 15 is 0 Å². The molecule has 8 heteroatoms. The average Bonchev–Trinajstić information content (AvgIpc) is 2.72. The van der Waals surface area contributed by atoms with Crippen molar-refractivity contribution in [3.8, 4) is 5.75 Å². The lowest BCUT2D eigenvalue weighted by atomic mass is 9.98. The number of hydrogen-bond acceptors (Lipinski definition) is 6. The highest BCUT2D eigenvalue weighted by Gasteiger charge is 2.26. The summed E-state index contributed by atoms with van der Waals surface area (Å²) in [5.74, 6) is 0.548. The SMILES string of the molecule is CN(C)CCCNC(=O)c1cnc2c3c(cc(NCCCN(C)C)c2c1Cl)OC(C)(C)C=C3. The Labute approximate surface area is 202 Å². The number of ether oxygens (including phenoxy) is 1. The first-order chi connectivity index (χ1) is 15.6. The summed E-state index contributed by atoms with van der Waals surface area (Å²) in [4.78, 5) is 21.8. The Bertz CT molecular complexity index is 1030. The average molecular weight is 474 g/mol. The van der Waals surface area contributed by atoms with Crippen LogP contribution in [-0.4, -0.2) is 80.7 Å². The maximum absolute atomic E-state index is 12.9. The largest absolute Gasteiger partial charge is 0.483 e. The molecule has 0 radical (unpaired) electrons. The fourth-order valence-corrected chi connectivity index (χ4v) is 4.12. The van der Waals surface area contributed by atoms with Crippen LogP contribution in [0.5, 0.6) is 5.75 Å². The molecule has 0 bridgehead atoms. The predicted octanol–water partition coefficient (Wildman–Crippen LogP) is 4.12. The standard InChI is InChI=1S/C25H36ClN5O2/c1-25(2)10-9-17-20(33-25)15-19(27-11-7-13-30(3)4)21-22(26)18(16-29-23(17)21)24(32)28-12-8-14-31(5)6/h9-10,15-16,27H,7-8,11-14H2,1-6H3,(H,28,32). The van der Waals surface area contributed by atoms with Crippen LogP contribution in [0.15, 0.2) is 18.3 Å². The number of amides is 1. The van der Waals surface area contributed by atoms with E-state index in [-0.39, 0.29) is 5.91 Å². The van der Waals surface area contributed by atoms with Crippen LogP contribution in [0.25, 0.3) is 17.0 Å². The highest BCUT2D eigenvalue weighted by atomic mass is 35.5. The van der Waals surface area contributed by atoms with Crippen molar-refractivity contribution >= 4 is 40.2 Å². The summed E-state index contributed by atoms with van der Waals surface area (Å²) >= 11 is 6.84. The van der Waals surface area contributed by atoms with Crippen molar-refractivity contribution in [1.82, 2.24) is 20.1 Å². The topological polar surface area (TPSA) is 69.7 Å². The lowest BCUT2D eigenvalue weighted by Crippen LogP contribution is -2.28. The van der Waals surface area contributed by atoms with E-state index in [2.05, 4.69) is 39.5 Å². The lowest BCUT2D eigenvalue weighted by molar-refractivity contribution is 0.0952. The van der Waals surface area contributed by atoms with Crippen LogP contribution in [-0.2, 0) is 0 Å². The normalized spacial score (nSPS) is 14.5. The second-order valence-corrected chi connectivity index (χ2v) is 9.96. The van der Waals surface area contributed by atoms with Crippen molar-refractivity contribution < 1.29 is 9.53 Å². The fourth-order valence-electron chi connectivity index (χ4n) is 3.79. The Balaban J connectivity index is 1.96. The van der Waals surface area contributed by atoms with Crippen molar-refractivity contribution in [2.24, 2.45) is 0 Å². The molecule has 7 nitrogen and oxygen atoms in total. The molecular weight excluding hydrogens is 438 g/mol. The van der Waals surface area contributed by atoms with Crippen molar-refractivity contribution in [3.63, 3.8) is 0 Å². The van der Waals surface area contributed by atoms with Gasteiger partial charge in [0.15, 0.2) is 0 Å². The van der Waals surface area contributed by atoms with E-state index in [4.69, 9.17) is 16.3 Å². The molecule has 2 heterocycles. The van der Waals surface area contributed by atoms with Gasteiger partial charge in [-0.05, 0) is 80.1 Å². The second-order valence-electron chi connectivity index (χ2n) is 9.58. The second kappa shape index (κ2) is 10.7. The number of carbonyl (C=O) groups is 1. The Morgan fingerprint density at radius 1 is 1.12 bits per heavy atom. The summed E-state index contributed by atoms with van der Waals surface area (Å²) in [7, 11) is 8.14. The van der Waals surface area contributed by atoms with E-state index in [0.717, 1.165) is 60.4 Å². The van der Waals surface area contributed by atoms with Crippen LogP contribution in [0, 0.1) is 0 Å². The molecule has 1 aliphatic rings. The molecule has 1 aromatic heterocycles. The highest BCUT2D eigenvalue weighted by molar-refractivity contribution is 6.39. The third-order valence-corrected chi connectivity index (χ3v) is 5.91. The van der Waals surface area contributed by atoms with Gasteiger partial charge in [-0.3, -0.25) is 9.78 Å². The molecule has 0 unspecified atom stereocenters.